The summed E-state index contributed by atoms with van der Waals surface area (Å²) in [4.78, 5) is 28.3. The van der Waals surface area contributed by atoms with Crippen LogP contribution < -0.4 is 10.2 Å². The molecule has 5 rings (SSSR count). The van der Waals surface area contributed by atoms with Crippen molar-refractivity contribution in [1.82, 2.24) is 4.90 Å². The predicted octanol–water partition coefficient (Wildman–Crippen LogP) is 2.53. The van der Waals surface area contributed by atoms with Crippen LogP contribution in [0.25, 0.3) is 11.0 Å². The lowest BCUT2D eigenvalue weighted by Crippen LogP contribution is -2.40. The summed E-state index contributed by atoms with van der Waals surface area (Å²) in [6.45, 7) is 0. The first kappa shape index (κ1) is 18.9. The summed E-state index contributed by atoms with van der Waals surface area (Å²) in [5.41, 5.74) is 1.02. The SMILES string of the molecule is COc1ccc([C@@H]2c3c(oc4ccccc4c3=O)C(=O)N2[C@@H]2CCS(=O)(=O)C2)cc1. The number of rotatable bonds is 3. The number of amides is 1. The second kappa shape index (κ2) is 6.70. The molecule has 7 nitrogen and oxygen atoms in total. The number of hydrogen-bond donors (Lipinski definition) is 0. The molecule has 2 aliphatic rings. The molecule has 0 saturated carbocycles. The van der Waals surface area contributed by atoms with Crippen LogP contribution in [0.5, 0.6) is 5.75 Å². The smallest absolute Gasteiger partial charge is 0.291 e. The zero-order valence-electron chi connectivity index (χ0n) is 16.2. The molecule has 3 aromatic rings. The Balaban J connectivity index is 1.74. The molecule has 2 aliphatic heterocycles. The average molecular weight is 425 g/mol. The zero-order valence-corrected chi connectivity index (χ0v) is 17.0. The van der Waals surface area contributed by atoms with Gasteiger partial charge in [-0.3, -0.25) is 9.59 Å². The number of fused-ring (bicyclic) bond motifs is 2. The summed E-state index contributed by atoms with van der Waals surface area (Å²) in [7, 11) is -1.68. The lowest BCUT2D eigenvalue weighted by atomic mass is 9.97. The van der Waals surface area contributed by atoms with Crippen LogP contribution in [0.4, 0.5) is 0 Å². The predicted molar refractivity (Wildman–Crippen MR) is 111 cm³/mol. The molecule has 0 N–H and O–H groups in total. The van der Waals surface area contributed by atoms with Crippen molar-refractivity contribution in [2.45, 2.75) is 18.5 Å². The van der Waals surface area contributed by atoms with Gasteiger partial charge in [-0.2, -0.15) is 0 Å². The number of carbonyl (C=O) groups is 1. The molecule has 1 aromatic heterocycles. The Bertz CT molecular complexity index is 1330. The summed E-state index contributed by atoms with van der Waals surface area (Å²) in [6.07, 6.45) is 0.336. The van der Waals surface area contributed by atoms with Crippen molar-refractivity contribution in [1.29, 1.82) is 0 Å². The van der Waals surface area contributed by atoms with Crippen LogP contribution in [-0.2, 0) is 9.84 Å². The Kier molecular flexibility index (Phi) is 4.21. The van der Waals surface area contributed by atoms with Gasteiger partial charge in [-0.1, -0.05) is 24.3 Å². The number of carbonyl (C=O) groups excluding carboxylic acids is 1. The normalized spacial score (nSPS) is 22.4. The molecule has 3 heterocycles. The Morgan fingerprint density at radius 2 is 1.80 bits per heavy atom. The molecule has 0 spiro atoms. The van der Waals surface area contributed by atoms with Gasteiger partial charge in [0.2, 0.25) is 5.76 Å². The highest BCUT2D eigenvalue weighted by Crippen LogP contribution is 2.41. The minimum atomic E-state index is -3.23. The van der Waals surface area contributed by atoms with E-state index in [1.165, 1.54) is 4.90 Å². The minimum absolute atomic E-state index is 0.0104. The van der Waals surface area contributed by atoms with Crippen LogP contribution in [-0.4, -0.2) is 43.9 Å². The maximum absolute atomic E-state index is 13.4. The second-order valence-electron chi connectivity index (χ2n) is 7.62. The molecule has 0 unspecified atom stereocenters. The molecule has 1 fully saturated rings. The molecule has 30 heavy (non-hydrogen) atoms. The summed E-state index contributed by atoms with van der Waals surface area (Å²) < 4.78 is 35.3. The molecule has 1 saturated heterocycles. The maximum Gasteiger partial charge on any atom is 0.291 e. The summed E-state index contributed by atoms with van der Waals surface area (Å²) in [6, 6.07) is 12.7. The number of ether oxygens (including phenoxy) is 1. The summed E-state index contributed by atoms with van der Waals surface area (Å²) in [5.74, 6) is 0.0900. The van der Waals surface area contributed by atoms with E-state index in [4.69, 9.17) is 9.15 Å². The van der Waals surface area contributed by atoms with E-state index in [0.717, 1.165) is 0 Å². The van der Waals surface area contributed by atoms with E-state index in [2.05, 4.69) is 0 Å². The second-order valence-corrected chi connectivity index (χ2v) is 9.84. The summed E-state index contributed by atoms with van der Waals surface area (Å²) >= 11 is 0. The molecule has 154 valence electrons. The van der Waals surface area contributed by atoms with Gasteiger partial charge in [-0.15, -0.1) is 0 Å². The van der Waals surface area contributed by atoms with Gasteiger partial charge >= 0.3 is 0 Å². The first-order valence-corrected chi connectivity index (χ1v) is 11.4. The van der Waals surface area contributed by atoms with Crippen molar-refractivity contribution in [3.63, 3.8) is 0 Å². The molecule has 1 amide bonds. The molecule has 0 bridgehead atoms. The molecular weight excluding hydrogens is 406 g/mol. The lowest BCUT2D eigenvalue weighted by Gasteiger charge is -2.30. The third-order valence-electron chi connectivity index (χ3n) is 5.85. The summed E-state index contributed by atoms with van der Waals surface area (Å²) in [5, 5.41) is 0.392. The fourth-order valence-electron chi connectivity index (χ4n) is 4.42. The Labute approximate surface area is 172 Å². The highest BCUT2D eigenvalue weighted by Gasteiger charge is 2.48. The van der Waals surface area contributed by atoms with Crippen LogP contribution in [0.2, 0.25) is 0 Å². The van der Waals surface area contributed by atoms with Crippen molar-refractivity contribution in [2.24, 2.45) is 0 Å². The van der Waals surface area contributed by atoms with E-state index >= 15 is 0 Å². The van der Waals surface area contributed by atoms with Crippen LogP contribution in [0.1, 0.15) is 34.1 Å². The average Bonchev–Trinajstić information content (AvgIpc) is 3.25. The van der Waals surface area contributed by atoms with Crippen LogP contribution in [0.3, 0.4) is 0 Å². The number of para-hydroxylation sites is 1. The standard InChI is InChI=1S/C22H19NO6S/c1-28-15-8-6-13(7-9-15)19-18-20(24)16-4-2-3-5-17(16)29-21(18)22(25)23(19)14-10-11-30(26,27)12-14/h2-9,14,19H,10-12H2,1H3/t14-,19-/m1/s1. The largest absolute Gasteiger partial charge is 0.497 e. The van der Waals surface area contributed by atoms with Gasteiger partial charge in [0.1, 0.15) is 11.3 Å². The first-order valence-electron chi connectivity index (χ1n) is 9.62. The number of methoxy groups -OCH3 is 1. The Morgan fingerprint density at radius 3 is 2.47 bits per heavy atom. The van der Waals surface area contributed by atoms with E-state index in [-0.39, 0.29) is 28.3 Å². The van der Waals surface area contributed by atoms with Gasteiger partial charge in [0.05, 0.1) is 35.6 Å². The van der Waals surface area contributed by atoms with Crippen molar-refractivity contribution in [3.05, 3.63) is 75.6 Å². The molecule has 0 radical (unpaired) electrons. The molecule has 2 aromatic carbocycles. The van der Waals surface area contributed by atoms with Crippen molar-refractivity contribution in [2.75, 3.05) is 18.6 Å². The monoisotopic (exact) mass is 425 g/mol. The number of hydrogen-bond acceptors (Lipinski definition) is 6. The van der Waals surface area contributed by atoms with Gasteiger partial charge in [0.15, 0.2) is 15.3 Å². The van der Waals surface area contributed by atoms with Gasteiger partial charge in [-0.05, 0) is 36.2 Å². The van der Waals surface area contributed by atoms with E-state index in [0.29, 0.717) is 28.7 Å². The highest BCUT2D eigenvalue weighted by molar-refractivity contribution is 7.91. The van der Waals surface area contributed by atoms with E-state index in [1.807, 2.05) is 0 Å². The quantitative estimate of drug-likeness (QED) is 0.640. The van der Waals surface area contributed by atoms with Crippen LogP contribution in [0.15, 0.2) is 57.7 Å². The van der Waals surface area contributed by atoms with Gasteiger partial charge in [0.25, 0.3) is 5.91 Å². The Hall–Kier alpha value is -3.13. The van der Waals surface area contributed by atoms with Crippen molar-refractivity contribution >= 4 is 26.7 Å². The molecular formula is C22H19NO6S. The fourth-order valence-corrected chi connectivity index (χ4v) is 6.13. The van der Waals surface area contributed by atoms with E-state index < -0.39 is 27.8 Å². The van der Waals surface area contributed by atoms with Crippen molar-refractivity contribution in [3.8, 4) is 5.75 Å². The minimum Gasteiger partial charge on any atom is -0.497 e. The van der Waals surface area contributed by atoms with Crippen LogP contribution in [0, 0.1) is 0 Å². The van der Waals surface area contributed by atoms with Crippen LogP contribution >= 0.6 is 0 Å². The van der Waals surface area contributed by atoms with Gasteiger partial charge < -0.3 is 14.1 Å². The molecule has 0 aliphatic carbocycles. The van der Waals surface area contributed by atoms with E-state index in [9.17, 15) is 18.0 Å². The number of nitrogens with zero attached hydrogens (tertiary/aromatic N) is 1. The Morgan fingerprint density at radius 1 is 1.07 bits per heavy atom. The van der Waals surface area contributed by atoms with Crippen molar-refractivity contribution < 1.29 is 22.4 Å². The topological polar surface area (TPSA) is 93.9 Å². The first-order chi connectivity index (χ1) is 14.4. The number of benzene rings is 2. The highest BCUT2D eigenvalue weighted by atomic mass is 32.2. The third kappa shape index (κ3) is 2.82. The fraction of sp³-hybridized carbons (Fsp3) is 0.273. The van der Waals surface area contributed by atoms with Gasteiger partial charge in [-0.25, -0.2) is 8.42 Å². The number of sulfone groups is 1. The third-order valence-corrected chi connectivity index (χ3v) is 7.60. The lowest BCUT2D eigenvalue weighted by molar-refractivity contribution is 0.0662. The molecule has 2 atom stereocenters. The zero-order chi connectivity index (χ0) is 21.0. The molecule has 8 heteroatoms. The maximum atomic E-state index is 13.4. The van der Waals surface area contributed by atoms with Gasteiger partial charge in [0, 0.05) is 6.04 Å². The van der Waals surface area contributed by atoms with E-state index in [1.54, 1.807) is 55.6 Å².